The lowest BCUT2D eigenvalue weighted by Crippen LogP contribution is -2.19. The lowest BCUT2D eigenvalue weighted by atomic mass is 9.98. The third-order valence-electron chi connectivity index (χ3n) is 2.81. The molecule has 3 heteroatoms. The van der Waals surface area contributed by atoms with E-state index in [4.69, 9.17) is 4.98 Å². The fourth-order valence-corrected chi connectivity index (χ4v) is 3.43. The summed E-state index contributed by atoms with van der Waals surface area (Å²) in [6, 6.07) is 0.571. The Morgan fingerprint density at radius 2 is 2.43 bits per heavy atom. The molecule has 1 N–H and O–H groups in total. The van der Waals surface area contributed by atoms with E-state index in [1.165, 1.54) is 41.3 Å². The first-order chi connectivity index (χ1) is 6.85. The summed E-state index contributed by atoms with van der Waals surface area (Å²) < 4.78 is 0. The summed E-state index contributed by atoms with van der Waals surface area (Å²) in [5.74, 6) is 0. The highest BCUT2D eigenvalue weighted by Gasteiger charge is 2.22. The normalized spacial score (nSPS) is 20.9. The van der Waals surface area contributed by atoms with Crippen molar-refractivity contribution in [3.8, 4) is 0 Å². The number of hydrogen-bond acceptors (Lipinski definition) is 3. The van der Waals surface area contributed by atoms with Crippen molar-refractivity contribution in [3.63, 3.8) is 0 Å². The molecule has 1 aliphatic carbocycles. The molecule has 0 fully saturated rings. The van der Waals surface area contributed by atoms with Gasteiger partial charge in [0.25, 0.3) is 0 Å². The molecule has 1 aromatic rings. The minimum atomic E-state index is 0.571. The van der Waals surface area contributed by atoms with Gasteiger partial charge in [-0.25, -0.2) is 4.98 Å². The highest BCUT2D eigenvalue weighted by atomic mass is 32.1. The molecule has 0 saturated heterocycles. The summed E-state index contributed by atoms with van der Waals surface area (Å²) in [6.45, 7) is 2.22. The van der Waals surface area contributed by atoms with Crippen molar-refractivity contribution in [1.82, 2.24) is 10.3 Å². The molecule has 1 aliphatic rings. The smallest absolute Gasteiger partial charge is 0.0931 e. The molecule has 0 radical (unpaired) electrons. The van der Waals surface area contributed by atoms with Crippen molar-refractivity contribution >= 4 is 11.3 Å². The molecular formula is C11H18N2S. The number of hydrogen-bond donors (Lipinski definition) is 1. The van der Waals surface area contributed by atoms with Crippen LogP contribution >= 0.6 is 11.3 Å². The van der Waals surface area contributed by atoms with Gasteiger partial charge in [-0.3, -0.25) is 0 Å². The quantitative estimate of drug-likeness (QED) is 0.829. The van der Waals surface area contributed by atoms with E-state index in [2.05, 4.69) is 19.3 Å². The SMILES string of the molecule is CCCc1nc2c(s1)C(NC)CCC2. The van der Waals surface area contributed by atoms with Gasteiger partial charge < -0.3 is 5.32 Å². The van der Waals surface area contributed by atoms with Crippen molar-refractivity contribution < 1.29 is 0 Å². The summed E-state index contributed by atoms with van der Waals surface area (Å²) in [6.07, 6.45) is 6.10. The first-order valence-corrected chi connectivity index (χ1v) is 6.32. The topological polar surface area (TPSA) is 24.9 Å². The zero-order valence-electron chi connectivity index (χ0n) is 8.97. The number of fused-ring (bicyclic) bond motifs is 1. The molecular weight excluding hydrogens is 192 g/mol. The molecule has 0 spiro atoms. The van der Waals surface area contributed by atoms with E-state index in [9.17, 15) is 0 Å². The molecule has 0 amide bonds. The number of nitrogens with zero attached hydrogens (tertiary/aromatic N) is 1. The van der Waals surface area contributed by atoms with Crippen LogP contribution < -0.4 is 5.32 Å². The molecule has 2 nitrogen and oxygen atoms in total. The third-order valence-corrected chi connectivity index (χ3v) is 4.08. The first-order valence-electron chi connectivity index (χ1n) is 5.51. The Labute approximate surface area is 89.8 Å². The van der Waals surface area contributed by atoms with Crippen LogP contribution in [0.1, 0.15) is 47.8 Å². The summed E-state index contributed by atoms with van der Waals surface area (Å²) in [4.78, 5) is 6.22. The highest BCUT2D eigenvalue weighted by molar-refractivity contribution is 7.11. The van der Waals surface area contributed by atoms with Crippen LogP contribution in [0.4, 0.5) is 0 Å². The summed E-state index contributed by atoms with van der Waals surface area (Å²) in [5.41, 5.74) is 1.36. The van der Waals surface area contributed by atoms with Gasteiger partial charge in [0, 0.05) is 10.9 Å². The summed E-state index contributed by atoms with van der Waals surface area (Å²) >= 11 is 1.92. The van der Waals surface area contributed by atoms with E-state index in [1.807, 2.05) is 11.3 Å². The number of nitrogens with one attached hydrogen (secondary N) is 1. The average molecular weight is 210 g/mol. The predicted octanol–water partition coefficient (Wildman–Crippen LogP) is 2.69. The number of aryl methyl sites for hydroxylation is 2. The Kier molecular flexibility index (Phi) is 3.19. The van der Waals surface area contributed by atoms with E-state index < -0.39 is 0 Å². The van der Waals surface area contributed by atoms with Gasteiger partial charge in [0.05, 0.1) is 10.7 Å². The van der Waals surface area contributed by atoms with Crippen LogP contribution in [-0.2, 0) is 12.8 Å². The maximum absolute atomic E-state index is 4.72. The van der Waals surface area contributed by atoms with Crippen LogP contribution in [0.15, 0.2) is 0 Å². The number of aromatic nitrogens is 1. The van der Waals surface area contributed by atoms with Gasteiger partial charge in [-0.2, -0.15) is 0 Å². The average Bonchev–Trinajstić information content (AvgIpc) is 2.60. The Morgan fingerprint density at radius 1 is 1.57 bits per heavy atom. The first kappa shape index (κ1) is 10.1. The van der Waals surface area contributed by atoms with Gasteiger partial charge in [-0.1, -0.05) is 6.92 Å². The van der Waals surface area contributed by atoms with Crippen molar-refractivity contribution in [2.75, 3.05) is 7.05 Å². The minimum absolute atomic E-state index is 0.571. The van der Waals surface area contributed by atoms with Gasteiger partial charge in [-0.05, 0) is 39.2 Å². The number of rotatable bonds is 3. The molecule has 0 aromatic carbocycles. The lowest BCUT2D eigenvalue weighted by molar-refractivity contribution is 0.501. The van der Waals surface area contributed by atoms with Crippen LogP contribution in [-0.4, -0.2) is 12.0 Å². The molecule has 2 rings (SSSR count). The van der Waals surface area contributed by atoms with Gasteiger partial charge in [0.15, 0.2) is 0 Å². The zero-order chi connectivity index (χ0) is 9.97. The predicted molar refractivity (Wildman–Crippen MR) is 60.8 cm³/mol. The maximum atomic E-state index is 4.72. The molecule has 1 unspecified atom stereocenters. The van der Waals surface area contributed by atoms with Crippen LogP contribution in [0.5, 0.6) is 0 Å². The summed E-state index contributed by atoms with van der Waals surface area (Å²) in [5, 5.41) is 4.72. The Hall–Kier alpha value is -0.410. The van der Waals surface area contributed by atoms with E-state index >= 15 is 0 Å². The van der Waals surface area contributed by atoms with Crippen molar-refractivity contribution in [2.45, 2.75) is 45.1 Å². The zero-order valence-corrected chi connectivity index (χ0v) is 9.78. The van der Waals surface area contributed by atoms with E-state index in [1.54, 1.807) is 0 Å². The van der Waals surface area contributed by atoms with Gasteiger partial charge in [-0.15, -0.1) is 11.3 Å². The number of thiazole rings is 1. The fraction of sp³-hybridized carbons (Fsp3) is 0.727. The minimum Gasteiger partial charge on any atom is -0.312 e. The van der Waals surface area contributed by atoms with Crippen LogP contribution in [0.2, 0.25) is 0 Å². The van der Waals surface area contributed by atoms with Gasteiger partial charge in [0.2, 0.25) is 0 Å². The monoisotopic (exact) mass is 210 g/mol. The van der Waals surface area contributed by atoms with E-state index in [0.717, 1.165) is 6.42 Å². The molecule has 1 atom stereocenters. The second kappa shape index (κ2) is 4.41. The van der Waals surface area contributed by atoms with E-state index in [0.29, 0.717) is 6.04 Å². The molecule has 1 heterocycles. The largest absolute Gasteiger partial charge is 0.312 e. The molecule has 0 saturated carbocycles. The standard InChI is InChI=1S/C11H18N2S/c1-3-5-10-13-9-7-4-6-8(12-2)11(9)14-10/h8,12H,3-7H2,1-2H3. The molecule has 0 aliphatic heterocycles. The lowest BCUT2D eigenvalue weighted by Gasteiger charge is -2.20. The second-order valence-electron chi connectivity index (χ2n) is 3.90. The van der Waals surface area contributed by atoms with Crippen LogP contribution in [0.25, 0.3) is 0 Å². The van der Waals surface area contributed by atoms with E-state index in [-0.39, 0.29) is 0 Å². The molecule has 78 valence electrons. The molecule has 1 aromatic heterocycles. The van der Waals surface area contributed by atoms with Crippen molar-refractivity contribution in [2.24, 2.45) is 0 Å². The highest BCUT2D eigenvalue weighted by Crippen LogP contribution is 2.34. The van der Waals surface area contributed by atoms with Crippen molar-refractivity contribution in [3.05, 3.63) is 15.6 Å². The second-order valence-corrected chi connectivity index (χ2v) is 5.02. The molecule has 14 heavy (non-hydrogen) atoms. The van der Waals surface area contributed by atoms with Gasteiger partial charge in [0.1, 0.15) is 0 Å². The Balaban J connectivity index is 2.24. The molecule has 0 bridgehead atoms. The maximum Gasteiger partial charge on any atom is 0.0931 e. The fourth-order valence-electron chi connectivity index (χ4n) is 2.07. The van der Waals surface area contributed by atoms with Gasteiger partial charge >= 0.3 is 0 Å². The van der Waals surface area contributed by atoms with Crippen molar-refractivity contribution in [1.29, 1.82) is 0 Å². The summed E-state index contributed by atoms with van der Waals surface area (Å²) in [7, 11) is 2.05. The Bertz CT molecular complexity index is 306. The third kappa shape index (κ3) is 1.84. The Morgan fingerprint density at radius 3 is 3.14 bits per heavy atom. The van der Waals surface area contributed by atoms with Crippen LogP contribution in [0, 0.1) is 0 Å². The van der Waals surface area contributed by atoms with Crippen LogP contribution in [0.3, 0.4) is 0 Å².